The number of hydrogen-bond acceptors (Lipinski definition) is 4. The molecule has 0 aliphatic carbocycles. The van der Waals surface area contributed by atoms with Crippen molar-refractivity contribution in [1.82, 2.24) is 10.2 Å². The van der Waals surface area contributed by atoms with Gasteiger partial charge in [0.1, 0.15) is 11.9 Å². The van der Waals surface area contributed by atoms with Crippen molar-refractivity contribution in [2.75, 3.05) is 23.7 Å². The first kappa shape index (κ1) is 30.8. The third kappa shape index (κ3) is 8.39. The van der Waals surface area contributed by atoms with Crippen molar-refractivity contribution in [2.45, 2.75) is 52.6 Å². The highest BCUT2D eigenvalue weighted by Gasteiger charge is 2.31. The smallest absolute Gasteiger partial charge is 0.243 e. The summed E-state index contributed by atoms with van der Waals surface area (Å²) in [4.78, 5) is 28.4. The van der Waals surface area contributed by atoms with Crippen LogP contribution in [0.25, 0.3) is 0 Å². The summed E-state index contributed by atoms with van der Waals surface area (Å²) in [6.07, 6.45) is 1.60. The Morgan fingerprint density at radius 2 is 1.65 bits per heavy atom. The Hall–Kier alpha value is -3.72. The van der Waals surface area contributed by atoms with Crippen LogP contribution >= 0.6 is 0 Å². The Labute approximate surface area is 237 Å². The molecule has 0 fully saturated rings. The van der Waals surface area contributed by atoms with Crippen molar-refractivity contribution in [2.24, 2.45) is 0 Å². The lowest BCUT2D eigenvalue weighted by molar-refractivity contribution is -0.141. The zero-order valence-electron chi connectivity index (χ0n) is 23.6. The molecule has 1 unspecified atom stereocenters. The maximum atomic E-state index is 14.7. The Morgan fingerprint density at radius 1 is 0.975 bits per heavy atom. The summed E-state index contributed by atoms with van der Waals surface area (Å²) in [5, 5.41) is 2.81. The van der Waals surface area contributed by atoms with Crippen molar-refractivity contribution >= 4 is 27.5 Å². The molecule has 2 amide bonds. The van der Waals surface area contributed by atoms with Crippen LogP contribution in [0.1, 0.15) is 42.0 Å². The van der Waals surface area contributed by atoms with E-state index in [0.29, 0.717) is 17.8 Å². The van der Waals surface area contributed by atoms with Crippen LogP contribution in [0.2, 0.25) is 0 Å². The van der Waals surface area contributed by atoms with Gasteiger partial charge in [0, 0.05) is 38.0 Å². The summed E-state index contributed by atoms with van der Waals surface area (Å²) < 4.78 is 41.4. The highest BCUT2D eigenvalue weighted by atomic mass is 32.2. The maximum absolute atomic E-state index is 14.7. The largest absolute Gasteiger partial charge is 0.355 e. The predicted molar refractivity (Wildman–Crippen MR) is 157 cm³/mol. The molecule has 0 saturated carbocycles. The molecule has 0 aliphatic heterocycles. The number of rotatable bonds is 13. The summed E-state index contributed by atoms with van der Waals surface area (Å²) in [5.74, 6) is -1.15. The minimum absolute atomic E-state index is 0.0178. The highest BCUT2D eigenvalue weighted by Crippen LogP contribution is 2.25. The Morgan fingerprint density at radius 3 is 2.30 bits per heavy atom. The summed E-state index contributed by atoms with van der Waals surface area (Å²) >= 11 is 0. The lowest BCUT2D eigenvalue weighted by Gasteiger charge is -2.32. The fourth-order valence-electron chi connectivity index (χ4n) is 4.63. The van der Waals surface area contributed by atoms with E-state index in [4.69, 9.17) is 0 Å². The van der Waals surface area contributed by atoms with Crippen LogP contribution in [-0.4, -0.2) is 50.5 Å². The topological polar surface area (TPSA) is 86.8 Å². The van der Waals surface area contributed by atoms with Crippen LogP contribution in [0, 0.1) is 19.7 Å². The summed E-state index contributed by atoms with van der Waals surface area (Å²) in [6.45, 7) is 5.91. The molecule has 0 bridgehead atoms. The zero-order chi connectivity index (χ0) is 29.3. The number of hydrogen-bond donors (Lipinski definition) is 1. The minimum Gasteiger partial charge on any atom is -0.355 e. The third-order valence-electron chi connectivity index (χ3n) is 6.71. The van der Waals surface area contributed by atoms with Gasteiger partial charge in [-0.25, -0.2) is 12.8 Å². The highest BCUT2D eigenvalue weighted by molar-refractivity contribution is 7.92. The zero-order valence-corrected chi connectivity index (χ0v) is 24.4. The van der Waals surface area contributed by atoms with E-state index in [-0.39, 0.29) is 44.2 Å². The standard InChI is InChI=1S/C31H38FN3O4S/c1-5-33-31(37)29(21-25-12-7-6-8-13-25)34(22-26-14-9-10-15-27(26)32)30(36)16-11-19-35(40(4,38)39)28-20-23(2)17-18-24(28)3/h6-10,12-15,17-18,20,29H,5,11,16,19,21-22H2,1-4H3,(H,33,37). The van der Waals surface area contributed by atoms with E-state index in [1.165, 1.54) is 15.3 Å². The number of carbonyl (C=O) groups is 2. The van der Waals surface area contributed by atoms with Gasteiger partial charge in [-0.2, -0.15) is 0 Å². The molecular weight excluding hydrogens is 529 g/mol. The Bertz CT molecular complexity index is 1410. The third-order valence-corrected chi connectivity index (χ3v) is 7.89. The number of sulfonamides is 1. The van der Waals surface area contributed by atoms with Gasteiger partial charge in [0.25, 0.3) is 0 Å². The molecule has 3 rings (SSSR count). The van der Waals surface area contributed by atoms with E-state index in [9.17, 15) is 22.4 Å². The summed E-state index contributed by atoms with van der Waals surface area (Å²) in [7, 11) is -3.61. The van der Waals surface area contributed by atoms with Crippen LogP contribution in [-0.2, 0) is 32.6 Å². The van der Waals surface area contributed by atoms with Gasteiger partial charge >= 0.3 is 0 Å². The molecule has 3 aromatic carbocycles. The first-order chi connectivity index (χ1) is 19.0. The number of nitrogens with one attached hydrogen (secondary N) is 1. The summed E-state index contributed by atoms with van der Waals surface area (Å²) in [5.41, 5.74) is 3.46. The molecule has 3 aromatic rings. The van der Waals surface area contributed by atoms with Crippen LogP contribution in [0.3, 0.4) is 0 Å². The molecule has 9 heteroatoms. The normalized spacial score (nSPS) is 12.0. The van der Waals surface area contributed by atoms with Crippen molar-refractivity contribution in [3.8, 4) is 0 Å². The van der Waals surface area contributed by atoms with E-state index in [1.54, 1.807) is 25.1 Å². The minimum atomic E-state index is -3.61. The van der Waals surface area contributed by atoms with E-state index >= 15 is 0 Å². The number of nitrogens with zero attached hydrogens (tertiary/aromatic N) is 2. The van der Waals surface area contributed by atoms with Crippen LogP contribution in [0.5, 0.6) is 0 Å². The molecule has 0 saturated heterocycles. The molecule has 1 atom stereocenters. The fraction of sp³-hybridized carbons (Fsp3) is 0.355. The lowest BCUT2D eigenvalue weighted by Crippen LogP contribution is -2.50. The van der Waals surface area contributed by atoms with Gasteiger partial charge < -0.3 is 10.2 Å². The van der Waals surface area contributed by atoms with Crippen molar-refractivity contribution in [3.63, 3.8) is 0 Å². The van der Waals surface area contributed by atoms with Crippen LogP contribution in [0.15, 0.2) is 72.8 Å². The van der Waals surface area contributed by atoms with Gasteiger partial charge in [0.05, 0.1) is 11.9 Å². The first-order valence-electron chi connectivity index (χ1n) is 13.4. The van der Waals surface area contributed by atoms with Gasteiger partial charge in [-0.15, -0.1) is 0 Å². The van der Waals surface area contributed by atoms with E-state index in [2.05, 4.69) is 5.32 Å². The second-order valence-corrected chi connectivity index (χ2v) is 11.8. The summed E-state index contributed by atoms with van der Waals surface area (Å²) in [6, 6.07) is 20.3. The van der Waals surface area contributed by atoms with E-state index in [0.717, 1.165) is 22.9 Å². The number of benzene rings is 3. The quantitative estimate of drug-likeness (QED) is 0.323. The average Bonchev–Trinajstić information content (AvgIpc) is 2.91. The molecule has 0 radical (unpaired) electrons. The SMILES string of the molecule is CCNC(=O)C(Cc1ccccc1)N(Cc1ccccc1F)C(=O)CCCN(c1cc(C)ccc1C)S(C)(=O)=O. The Balaban J connectivity index is 1.89. The number of aryl methyl sites for hydroxylation is 2. The van der Waals surface area contributed by atoms with Gasteiger partial charge in [-0.1, -0.05) is 60.7 Å². The molecule has 214 valence electrons. The number of carbonyl (C=O) groups excluding carboxylic acids is 2. The van der Waals surface area contributed by atoms with Crippen LogP contribution < -0.4 is 9.62 Å². The van der Waals surface area contributed by atoms with Gasteiger partial charge in [0.2, 0.25) is 21.8 Å². The van der Waals surface area contributed by atoms with E-state index < -0.39 is 21.9 Å². The number of amides is 2. The van der Waals surface area contributed by atoms with E-state index in [1.807, 2.05) is 62.4 Å². The van der Waals surface area contributed by atoms with Crippen molar-refractivity contribution in [1.29, 1.82) is 0 Å². The second-order valence-electron chi connectivity index (χ2n) is 9.94. The van der Waals surface area contributed by atoms with Gasteiger partial charge in [0.15, 0.2) is 0 Å². The van der Waals surface area contributed by atoms with Crippen LogP contribution in [0.4, 0.5) is 10.1 Å². The molecular formula is C31H38FN3O4S. The second kappa shape index (κ2) is 14.1. The monoisotopic (exact) mass is 567 g/mol. The van der Waals surface area contributed by atoms with Crippen molar-refractivity contribution in [3.05, 3.63) is 101 Å². The number of anilines is 1. The molecule has 0 spiro atoms. The van der Waals surface area contributed by atoms with Gasteiger partial charge in [-0.3, -0.25) is 13.9 Å². The van der Waals surface area contributed by atoms with Crippen molar-refractivity contribution < 1.29 is 22.4 Å². The molecule has 40 heavy (non-hydrogen) atoms. The lowest BCUT2D eigenvalue weighted by atomic mass is 10.0. The molecule has 7 nitrogen and oxygen atoms in total. The number of halogens is 1. The number of likely N-dealkylation sites (N-methyl/N-ethyl adjacent to an activating group) is 1. The predicted octanol–water partition coefficient (Wildman–Crippen LogP) is 4.76. The van der Waals surface area contributed by atoms with Gasteiger partial charge in [-0.05, 0) is 56.0 Å². The fourth-order valence-corrected chi connectivity index (χ4v) is 5.64. The molecule has 0 aromatic heterocycles. The maximum Gasteiger partial charge on any atom is 0.243 e. The molecule has 0 aliphatic rings. The molecule has 0 heterocycles. The average molecular weight is 568 g/mol. The Kier molecular flexibility index (Phi) is 10.8. The first-order valence-corrected chi connectivity index (χ1v) is 15.3. The molecule has 1 N–H and O–H groups in total.